The Morgan fingerprint density at radius 1 is 0.671 bits per heavy atom. The molecule has 2 aromatic heterocycles. The van der Waals surface area contributed by atoms with E-state index in [0.717, 1.165) is 106 Å². The molecule has 0 radical (unpaired) electrons. The predicted octanol–water partition coefficient (Wildman–Crippen LogP) is 11.8. The summed E-state index contributed by atoms with van der Waals surface area (Å²) in [6.45, 7) is 6.15. The minimum Gasteiger partial charge on any atom is -0.361 e. The standard InChI is InChI=1S/C64H90Cl2N10O5S/c1-4-15-57(77)63(49-17-9-6-10-18-49)31-37-73(38-32-63)59(79)55(41-47-22-26-51(65)27-23-47)75(61(81)68-35-14-8-13-21-53-43-67-45-70-53)76(62(82)69-36-30-54-44-72(3)46-71-54)56(42-48-24-28-52(66)29-25-48)60(80)74-39-33-64(34-40-74,58(78)16-5-2)50-19-11-7-12-20-50/h22-29,43-46,49-50,55-56H,4-21,30-42H2,1-3H3,(H,67,70)(H,68,81)(H,69,82)/t55-,56-/m1/s1. The smallest absolute Gasteiger partial charge is 0.337 e. The van der Waals surface area contributed by atoms with E-state index in [0.29, 0.717) is 106 Å². The first-order valence-electron chi connectivity index (χ1n) is 31.0. The SMILES string of the molecule is CCCC(=O)C1(C2CCCCC2)CCN(C(=O)[C@@H](Cc2ccc(Cl)cc2)N(C(=O)NCCCCCc2cnc[nH]2)N(C(=S)NCCc2cn(C)cn2)[C@H](Cc2ccc(Cl)cc2)C(=O)N2CCC(C(=O)CCC)(C3CCCCC3)CC2)CC1. The van der Waals surface area contributed by atoms with Gasteiger partial charge in [0, 0.05) is 117 Å². The third-order valence-electron chi connectivity index (χ3n) is 18.6. The molecule has 0 spiro atoms. The number of unbranched alkanes of at least 4 members (excludes halogenated alkanes) is 2. The van der Waals surface area contributed by atoms with E-state index in [1.807, 2.05) is 58.1 Å². The third kappa shape index (κ3) is 15.9. The Bertz CT molecular complexity index is 2690. The van der Waals surface area contributed by atoms with Gasteiger partial charge in [-0.05, 0) is 143 Å². The van der Waals surface area contributed by atoms with Crippen LogP contribution in [0.25, 0.3) is 0 Å². The van der Waals surface area contributed by atoms with Gasteiger partial charge in [0.15, 0.2) is 5.11 Å². The van der Waals surface area contributed by atoms with Crippen LogP contribution < -0.4 is 10.6 Å². The van der Waals surface area contributed by atoms with Crippen LogP contribution in [0.1, 0.15) is 171 Å². The molecule has 8 rings (SSSR count). The summed E-state index contributed by atoms with van der Waals surface area (Å²) in [4.78, 5) is 92.9. The molecule has 4 aliphatic rings. The van der Waals surface area contributed by atoms with Crippen LogP contribution in [-0.2, 0) is 51.9 Å². The average molecular weight is 1180 g/mol. The van der Waals surface area contributed by atoms with E-state index in [4.69, 9.17) is 35.4 Å². The van der Waals surface area contributed by atoms with E-state index in [9.17, 15) is 9.59 Å². The number of hydrazine groups is 1. The van der Waals surface area contributed by atoms with E-state index in [-0.39, 0.29) is 48.1 Å². The van der Waals surface area contributed by atoms with Gasteiger partial charge in [-0.2, -0.15) is 0 Å². The van der Waals surface area contributed by atoms with E-state index < -0.39 is 28.9 Å². The highest BCUT2D eigenvalue weighted by atomic mass is 35.5. The Balaban J connectivity index is 1.21. The maximum Gasteiger partial charge on any atom is 0.337 e. The highest BCUT2D eigenvalue weighted by Gasteiger charge is 2.51. The van der Waals surface area contributed by atoms with Crippen molar-refractivity contribution >= 4 is 69.9 Å². The van der Waals surface area contributed by atoms with Crippen LogP contribution in [0.3, 0.4) is 0 Å². The van der Waals surface area contributed by atoms with Crippen molar-refractivity contribution < 1.29 is 24.0 Å². The van der Waals surface area contributed by atoms with Crippen LogP contribution in [0, 0.1) is 22.7 Å². The second kappa shape index (κ2) is 30.5. The number of likely N-dealkylation sites (tertiary alicyclic amines) is 2. The topological polar surface area (TPSA) is 169 Å². The van der Waals surface area contributed by atoms with Gasteiger partial charge >= 0.3 is 6.03 Å². The second-order valence-electron chi connectivity index (χ2n) is 24.0. The monoisotopic (exact) mass is 1180 g/mol. The van der Waals surface area contributed by atoms with Gasteiger partial charge in [-0.15, -0.1) is 0 Å². The number of thiocarbonyl (C=S) groups is 1. The first-order chi connectivity index (χ1) is 39.7. The zero-order chi connectivity index (χ0) is 58.1. The molecule has 2 saturated heterocycles. The number of imidazole rings is 2. The zero-order valence-corrected chi connectivity index (χ0v) is 51.3. The lowest BCUT2D eigenvalue weighted by Gasteiger charge is -2.50. The summed E-state index contributed by atoms with van der Waals surface area (Å²) in [5.74, 6) is 0.587. The maximum absolute atomic E-state index is 16.2. The lowest BCUT2D eigenvalue weighted by Crippen LogP contribution is -2.69. The molecule has 82 heavy (non-hydrogen) atoms. The summed E-state index contributed by atoms with van der Waals surface area (Å²) >= 11 is 19.6. The van der Waals surface area contributed by atoms with Crippen molar-refractivity contribution in [3.8, 4) is 0 Å². The first kappa shape index (κ1) is 62.7. The second-order valence-corrected chi connectivity index (χ2v) is 25.3. The molecule has 2 aliphatic heterocycles. The lowest BCUT2D eigenvalue weighted by atomic mass is 9.61. The van der Waals surface area contributed by atoms with Crippen molar-refractivity contribution in [3.63, 3.8) is 0 Å². The summed E-state index contributed by atoms with van der Waals surface area (Å²) in [6.07, 6.45) is 26.6. The van der Waals surface area contributed by atoms with Crippen molar-refractivity contribution in [2.45, 2.75) is 186 Å². The highest BCUT2D eigenvalue weighted by Crippen LogP contribution is 2.49. The largest absolute Gasteiger partial charge is 0.361 e. The van der Waals surface area contributed by atoms with Crippen molar-refractivity contribution in [2.24, 2.45) is 29.7 Å². The molecule has 4 amide bonds. The fraction of sp³-hybridized carbons (Fsp3) is 0.625. The quantitative estimate of drug-likeness (QED) is 0.0330. The van der Waals surface area contributed by atoms with Gasteiger partial charge in [0.25, 0.3) is 0 Å². The number of hydrogen-bond acceptors (Lipinski definition) is 8. The number of hydrogen-bond donors (Lipinski definition) is 3. The number of aryl methyl sites for hydroxylation is 2. The van der Waals surface area contributed by atoms with Crippen LogP contribution in [0.4, 0.5) is 4.79 Å². The fourth-order valence-electron chi connectivity index (χ4n) is 14.1. The van der Waals surface area contributed by atoms with Gasteiger partial charge in [-0.1, -0.05) is 106 Å². The number of H-pyrrole nitrogens is 1. The van der Waals surface area contributed by atoms with Crippen molar-refractivity contribution in [1.82, 2.24) is 50.0 Å². The van der Waals surface area contributed by atoms with Gasteiger partial charge in [0.1, 0.15) is 23.7 Å². The van der Waals surface area contributed by atoms with E-state index in [1.54, 1.807) is 41.9 Å². The number of urea groups is 1. The van der Waals surface area contributed by atoms with Gasteiger partial charge in [-0.3, -0.25) is 19.2 Å². The number of ketones is 2. The lowest BCUT2D eigenvalue weighted by molar-refractivity contribution is -0.154. The molecule has 2 saturated carbocycles. The van der Waals surface area contributed by atoms with E-state index >= 15 is 14.4 Å². The predicted molar refractivity (Wildman–Crippen MR) is 328 cm³/mol. The van der Waals surface area contributed by atoms with Crippen LogP contribution in [0.2, 0.25) is 10.0 Å². The number of nitrogens with zero attached hydrogens (tertiary/aromatic N) is 7. The van der Waals surface area contributed by atoms with Crippen molar-refractivity contribution in [3.05, 3.63) is 106 Å². The van der Waals surface area contributed by atoms with Crippen molar-refractivity contribution in [1.29, 1.82) is 0 Å². The summed E-state index contributed by atoms with van der Waals surface area (Å²) in [5.41, 5.74) is 2.38. The third-order valence-corrected chi connectivity index (χ3v) is 19.5. The first-order valence-corrected chi connectivity index (χ1v) is 32.1. The Morgan fingerprint density at radius 3 is 1.62 bits per heavy atom. The Morgan fingerprint density at radius 2 is 1.17 bits per heavy atom. The molecule has 3 N–H and O–H groups in total. The number of nitrogens with one attached hydrogen (secondary N) is 3. The minimum atomic E-state index is -1.22. The van der Waals surface area contributed by atoms with Gasteiger partial charge in [0.05, 0.1) is 18.3 Å². The molecule has 4 aromatic rings. The number of halogens is 2. The van der Waals surface area contributed by atoms with E-state index in [2.05, 4.69) is 39.4 Å². The van der Waals surface area contributed by atoms with Crippen LogP contribution in [-0.4, -0.2) is 125 Å². The molecular formula is C64H90Cl2N10O5S. The minimum absolute atomic E-state index is 0.0642. The number of amides is 4. The molecule has 2 atom stereocenters. The van der Waals surface area contributed by atoms with E-state index in [1.165, 1.54) is 17.9 Å². The average Bonchev–Trinajstić information content (AvgIpc) is 4.34. The van der Waals surface area contributed by atoms with Gasteiger partial charge < -0.3 is 30.0 Å². The molecule has 2 aliphatic carbocycles. The summed E-state index contributed by atoms with van der Waals surface area (Å²) < 4.78 is 1.88. The summed E-state index contributed by atoms with van der Waals surface area (Å²) in [5, 5.41) is 10.9. The highest BCUT2D eigenvalue weighted by molar-refractivity contribution is 7.80. The fourth-order valence-corrected chi connectivity index (χ4v) is 14.6. The Labute approximate surface area is 502 Å². The normalized spacial score (nSPS) is 18.3. The van der Waals surface area contributed by atoms with Gasteiger partial charge in [-0.25, -0.2) is 24.8 Å². The summed E-state index contributed by atoms with van der Waals surface area (Å²) in [6, 6.07) is 11.7. The van der Waals surface area contributed by atoms with Crippen LogP contribution in [0.15, 0.2) is 73.6 Å². The Hall–Kier alpha value is -5.32. The molecule has 0 bridgehead atoms. The molecular weight excluding hydrogens is 1090 g/mol. The van der Waals surface area contributed by atoms with Crippen LogP contribution in [0.5, 0.6) is 0 Å². The number of carbonyl (C=O) groups is 5. The number of benzene rings is 2. The zero-order valence-electron chi connectivity index (χ0n) is 49.0. The Kier molecular flexibility index (Phi) is 23.3. The molecule has 0 unspecified atom stereocenters. The number of aromatic nitrogens is 4. The van der Waals surface area contributed by atoms with Crippen LogP contribution >= 0.6 is 35.4 Å². The molecule has 4 fully saturated rings. The molecule has 18 heteroatoms. The van der Waals surface area contributed by atoms with Crippen molar-refractivity contribution in [2.75, 3.05) is 39.3 Å². The number of carbonyl (C=O) groups excluding carboxylic acids is 5. The number of aromatic amines is 1. The summed E-state index contributed by atoms with van der Waals surface area (Å²) in [7, 11) is 1.91. The maximum atomic E-state index is 16.2. The number of Topliss-reactive ketones (excluding diaryl/α,β-unsaturated/α-hetero) is 2. The number of rotatable bonds is 25. The molecule has 15 nitrogen and oxygen atoms in total. The molecule has 4 heterocycles. The number of piperidine rings is 2. The molecule has 2 aromatic carbocycles. The molecule has 446 valence electrons. The van der Waals surface area contributed by atoms with Gasteiger partial charge in [0.2, 0.25) is 11.8 Å².